The van der Waals surface area contributed by atoms with Crippen LogP contribution >= 0.6 is 22.9 Å². The summed E-state index contributed by atoms with van der Waals surface area (Å²) in [5.41, 5.74) is 0.921. The Bertz CT molecular complexity index is 1430. The van der Waals surface area contributed by atoms with Gasteiger partial charge in [-0.3, -0.25) is 14.5 Å². The molecule has 5 rings (SSSR count). The van der Waals surface area contributed by atoms with Gasteiger partial charge in [0.05, 0.1) is 30.7 Å². The minimum Gasteiger partial charge on any atom is -0.493 e. The standard InChI is InChI=1S/C25H21ClN2O5S/c1-3-4-10-32-18-7-5-14(12-19(18)31-2)21-20-22(29)16-13-15(26)6-8-17(16)33-23(20)24(30)28(21)25-27-9-11-34-25/h5-9,11-13,21H,3-4,10H2,1-2H3. The van der Waals surface area contributed by atoms with Crippen LogP contribution in [0.25, 0.3) is 11.0 Å². The molecule has 0 saturated heterocycles. The summed E-state index contributed by atoms with van der Waals surface area (Å²) < 4.78 is 17.4. The van der Waals surface area contributed by atoms with Crippen LogP contribution in [-0.4, -0.2) is 24.6 Å². The van der Waals surface area contributed by atoms with E-state index in [1.807, 2.05) is 6.07 Å². The van der Waals surface area contributed by atoms with E-state index < -0.39 is 11.9 Å². The molecule has 1 aliphatic rings. The zero-order valence-electron chi connectivity index (χ0n) is 18.5. The van der Waals surface area contributed by atoms with Gasteiger partial charge in [-0.2, -0.15) is 0 Å². The van der Waals surface area contributed by atoms with E-state index in [4.69, 9.17) is 25.5 Å². The van der Waals surface area contributed by atoms with E-state index in [-0.39, 0.29) is 16.8 Å². The third-order valence-electron chi connectivity index (χ3n) is 5.72. The lowest BCUT2D eigenvalue weighted by atomic mass is 9.98. The van der Waals surface area contributed by atoms with Crippen molar-refractivity contribution in [2.45, 2.75) is 25.8 Å². The van der Waals surface area contributed by atoms with Crippen molar-refractivity contribution in [1.29, 1.82) is 0 Å². The van der Waals surface area contributed by atoms with Crippen LogP contribution in [0.4, 0.5) is 5.13 Å². The lowest BCUT2D eigenvalue weighted by Crippen LogP contribution is -2.29. The Kier molecular flexibility index (Phi) is 6.02. The second-order valence-electron chi connectivity index (χ2n) is 7.82. The van der Waals surface area contributed by atoms with Gasteiger partial charge < -0.3 is 13.9 Å². The highest BCUT2D eigenvalue weighted by Crippen LogP contribution is 2.43. The number of carbonyl (C=O) groups is 1. The molecular weight excluding hydrogens is 476 g/mol. The molecule has 0 radical (unpaired) electrons. The number of unbranched alkanes of at least 4 members (excludes halogenated alkanes) is 1. The second kappa shape index (κ2) is 9.12. The predicted molar refractivity (Wildman–Crippen MR) is 132 cm³/mol. The smallest absolute Gasteiger partial charge is 0.297 e. The number of anilines is 1. The van der Waals surface area contributed by atoms with Gasteiger partial charge in [0.25, 0.3) is 5.91 Å². The number of ether oxygens (including phenoxy) is 2. The topological polar surface area (TPSA) is 81.9 Å². The van der Waals surface area contributed by atoms with Gasteiger partial charge in [-0.15, -0.1) is 11.3 Å². The molecule has 0 aliphatic carbocycles. The summed E-state index contributed by atoms with van der Waals surface area (Å²) in [5, 5.41) is 2.97. The molecule has 7 nitrogen and oxygen atoms in total. The third kappa shape index (κ3) is 3.73. The maximum Gasteiger partial charge on any atom is 0.297 e. The van der Waals surface area contributed by atoms with Crippen molar-refractivity contribution in [3.63, 3.8) is 0 Å². The van der Waals surface area contributed by atoms with E-state index in [9.17, 15) is 9.59 Å². The number of hydrogen-bond donors (Lipinski definition) is 0. The lowest BCUT2D eigenvalue weighted by Gasteiger charge is -2.23. The van der Waals surface area contributed by atoms with Gasteiger partial charge in [-0.25, -0.2) is 4.98 Å². The molecule has 1 unspecified atom stereocenters. The number of halogens is 1. The SMILES string of the molecule is CCCCOc1ccc(C2c3c(oc4ccc(Cl)cc4c3=O)C(=O)N2c2nccs2)cc1OC. The first-order valence-corrected chi connectivity index (χ1v) is 12.1. The largest absolute Gasteiger partial charge is 0.493 e. The Morgan fingerprint density at radius 1 is 1.18 bits per heavy atom. The van der Waals surface area contributed by atoms with Crippen LogP contribution in [-0.2, 0) is 0 Å². The molecule has 1 aliphatic heterocycles. The van der Waals surface area contributed by atoms with E-state index in [0.29, 0.717) is 44.8 Å². The van der Waals surface area contributed by atoms with Gasteiger partial charge >= 0.3 is 0 Å². The summed E-state index contributed by atoms with van der Waals surface area (Å²) in [7, 11) is 1.56. The highest BCUT2D eigenvalue weighted by molar-refractivity contribution is 7.13. The Labute approximate surface area is 204 Å². The Morgan fingerprint density at radius 3 is 2.76 bits per heavy atom. The van der Waals surface area contributed by atoms with Crippen LogP contribution < -0.4 is 19.8 Å². The van der Waals surface area contributed by atoms with Crippen LogP contribution in [0.5, 0.6) is 11.5 Å². The molecule has 0 fully saturated rings. The zero-order valence-corrected chi connectivity index (χ0v) is 20.1. The average molecular weight is 497 g/mol. The predicted octanol–water partition coefficient (Wildman–Crippen LogP) is 5.84. The van der Waals surface area contributed by atoms with E-state index in [1.54, 1.807) is 49.0 Å². The average Bonchev–Trinajstić information content (AvgIpc) is 3.46. The van der Waals surface area contributed by atoms with Crippen LogP contribution in [0.15, 0.2) is 57.2 Å². The van der Waals surface area contributed by atoms with Crippen molar-refractivity contribution in [1.82, 2.24) is 4.98 Å². The van der Waals surface area contributed by atoms with Gasteiger partial charge in [0.1, 0.15) is 5.58 Å². The van der Waals surface area contributed by atoms with Crippen molar-refractivity contribution in [3.05, 3.63) is 80.1 Å². The van der Waals surface area contributed by atoms with Gasteiger partial charge in [-0.05, 0) is 42.3 Å². The van der Waals surface area contributed by atoms with Gasteiger partial charge in [0.2, 0.25) is 5.76 Å². The van der Waals surface area contributed by atoms with Crippen molar-refractivity contribution >= 4 is 44.9 Å². The van der Waals surface area contributed by atoms with Crippen LogP contribution in [0.1, 0.15) is 47.5 Å². The maximum absolute atomic E-state index is 13.6. The monoisotopic (exact) mass is 496 g/mol. The Balaban J connectivity index is 1.70. The number of methoxy groups -OCH3 is 1. The first-order valence-electron chi connectivity index (χ1n) is 10.8. The fourth-order valence-electron chi connectivity index (χ4n) is 4.09. The first kappa shape index (κ1) is 22.4. The number of hydrogen-bond acceptors (Lipinski definition) is 7. The highest BCUT2D eigenvalue weighted by Gasteiger charge is 2.45. The number of fused-ring (bicyclic) bond motifs is 2. The summed E-state index contributed by atoms with van der Waals surface area (Å²) in [5.74, 6) is 0.692. The van der Waals surface area contributed by atoms with Gasteiger partial charge in [0.15, 0.2) is 22.1 Å². The molecule has 0 spiro atoms. The van der Waals surface area contributed by atoms with Crippen LogP contribution in [0.2, 0.25) is 5.02 Å². The summed E-state index contributed by atoms with van der Waals surface area (Å²) in [6, 6.07) is 9.45. The first-order chi connectivity index (χ1) is 16.5. The number of thiazole rings is 1. The Morgan fingerprint density at radius 2 is 2.03 bits per heavy atom. The number of nitrogens with zero attached hydrogens (tertiary/aromatic N) is 2. The number of aromatic nitrogens is 1. The molecule has 2 aromatic heterocycles. The molecule has 4 aromatic rings. The molecule has 0 bridgehead atoms. The van der Waals surface area contributed by atoms with Crippen LogP contribution in [0, 0.1) is 0 Å². The fraction of sp³-hybridized carbons (Fsp3) is 0.240. The fourth-order valence-corrected chi connectivity index (χ4v) is 4.93. The van der Waals surface area contributed by atoms with E-state index in [0.717, 1.165) is 12.8 Å². The third-order valence-corrected chi connectivity index (χ3v) is 6.72. The number of benzene rings is 2. The molecular formula is C25H21ClN2O5S. The Hall–Kier alpha value is -3.36. The second-order valence-corrected chi connectivity index (χ2v) is 9.13. The van der Waals surface area contributed by atoms with Crippen LogP contribution in [0.3, 0.4) is 0 Å². The van der Waals surface area contributed by atoms with E-state index >= 15 is 0 Å². The maximum atomic E-state index is 13.6. The zero-order chi connectivity index (χ0) is 23.8. The number of rotatable bonds is 7. The molecule has 2 aromatic carbocycles. The van der Waals surface area contributed by atoms with Gasteiger partial charge in [0, 0.05) is 16.6 Å². The lowest BCUT2D eigenvalue weighted by molar-refractivity contribution is 0.0971. The minimum atomic E-state index is -0.744. The molecule has 0 N–H and O–H groups in total. The summed E-state index contributed by atoms with van der Waals surface area (Å²) in [6.45, 7) is 2.66. The molecule has 34 heavy (non-hydrogen) atoms. The van der Waals surface area contributed by atoms with E-state index in [1.165, 1.54) is 16.2 Å². The normalized spacial score (nSPS) is 15.1. The van der Waals surface area contributed by atoms with Crippen molar-refractivity contribution in [2.24, 2.45) is 0 Å². The molecule has 3 heterocycles. The molecule has 1 atom stereocenters. The number of carbonyl (C=O) groups excluding carboxylic acids is 1. The molecule has 9 heteroatoms. The quantitative estimate of drug-likeness (QED) is 0.299. The van der Waals surface area contributed by atoms with E-state index in [2.05, 4.69) is 11.9 Å². The van der Waals surface area contributed by atoms with Crippen molar-refractivity contribution in [3.8, 4) is 11.5 Å². The molecule has 1 amide bonds. The minimum absolute atomic E-state index is 0.00209. The van der Waals surface area contributed by atoms with Crippen molar-refractivity contribution in [2.75, 3.05) is 18.6 Å². The summed E-state index contributed by atoms with van der Waals surface area (Å²) >= 11 is 7.45. The molecule has 174 valence electrons. The van der Waals surface area contributed by atoms with Crippen molar-refractivity contribution < 1.29 is 18.7 Å². The summed E-state index contributed by atoms with van der Waals surface area (Å²) in [6.07, 6.45) is 3.55. The van der Waals surface area contributed by atoms with Gasteiger partial charge in [-0.1, -0.05) is 31.0 Å². The number of amides is 1. The molecule has 0 saturated carbocycles. The highest BCUT2D eigenvalue weighted by atomic mass is 35.5. The summed E-state index contributed by atoms with van der Waals surface area (Å²) in [4.78, 5) is 33.0.